The maximum atomic E-state index is 12.4. The van der Waals surface area contributed by atoms with Crippen LogP contribution in [0.2, 0.25) is 0 Å². The van der Waals surface area contributed by atoms with E-state index in [1.165, 1.54) is 0 Å². The number of para-hydroxylation sites is 1. The molecule has 0 fully saturated rings. The Kier molecular flexibility index (Phi) is 3.59. The molecule has 0 bridgehead atoms. The second-order valence-electron chi connectivity index (χ2n) is 5.40. The number of carbonyl (C=O) groups is 1. The smallest absolute Gasteiger partial charge is 0.276 e. The van der Waals surface area contributed by atoms with E-state index < -0.39 is 0 Å². The summed E-state index contributed by atoms with van der Waals surface area (Å²) in [7, 11) is 0. The van der Waals surface area contributed by atoms with Crippen molar-refractivity contribution in [3.05, 3.63) is 64.6 Å². The summed E-state index contributed by atoms with van der Waals surface area (Å²) in [6.45, 7) is 1.98. The number of aryl methyl sites for hydroxylation is 1. The predicted octanol–water partition coefficient (Wildman–Crippen LogP) is 4.25. The van der Waals surface area contributed by atoms with Crippen molar-refractivity contribution in [2.24, 2.45) is 0 Å². The van der Waals surface area contributed by atoms with Gasteiger partial charge in [-0.3, -0.25) is 9.89 Å². The van der Waals surface area contributed by atoms with Crippen LogP contribution in [0.3, 0.4) is 0 Å². The first-order chi connectivity index (χ1) is 11.7. The van der Waals surface area contributed by atoms with E-state index in [9.17, 15) is 4.79 Å². The van der Waals surface area contributed by atoms with E-state index in [1.54, 1.807) is 11.3 Å². The van der Waals surface area contributed by atoms with Gasteiger partial charge in [0.2, 0.25) is 0 Å². The lowest BCUT2D eigenvalue weighted by Gasteiger charge is -2.04. The van der Waals surface area contributed by atoms with E-state index in [4.69, 9.17) is 0 Å². The summed E-state index contributed by atoms with van der Waals surface area (Å²) < 4.78 is 0. The topological polar surface area (TPSA) is 70.7 Å². The quantitative estimate of drug-likeness (QED) is 0.588. The summed E-state index contributed by atoms with van der Waals surface area (Å²) in [5, 5.41) is 13.7. The van der Waals surface area contributed by atoms with Gasteiger partial charge < -0.3 is 5.32 Å². The minimum atomic E-state index is -0.232. The van der Waals surface area contributed by atoms with Gasteiger partial charge in [-0.05, 0) is 25.1 Å². The largest absolute Gasteiger partial charge is 0.321 e. The fourth-order valence-electron chi connectivity index (χ4n) is 2.55. The molecule has 5 nitrogen and oxygen atoms in total. The molecule has 2 N–H and O–H groups in total. The van der Waals surface area contributed by atoms with Gasteiger partial charge in [-0.2, -0.15) is 5.10 Å². The summed E-state index contributed by atoms with van der Waals surface area (Å²) in [5.74, 6) is -0.232. The number of nitrogens with zero attached hydrogens (tertiary/aromatic N) is 2. The van der Waals surface area contributed by atoms with Crippen molar-refractivity contribution in [1.82, 2.24) is 15.2 Å². The average molecular weight is 334 g/mol. The Morgan fingerprint density at radius 1 is 1.12 bits per heavy atom. The molecule has 0 aliphatic heterocycles. The van der Waals surface area contributed by atoms with E-state index >= 15 is 0 Å². The SMILES string of the molecule is Cc1nc(-c2ccc(NC(=O)c3n[nH]c4ccccc34)cc2)cs1. The number of thiazole rings is 1. The number of amides is 1. The highest BCUT2D eigenvalue weighted by atomic mass is 32.1. The number of hydrogen-bond donors (Lipinski definition) is 2. The molecule has 2 heterocycles. The highest BCUT2D eigenvalue weighted by Gasteiger charge is 2.14. The third kappa shape index (κ3) is 2.68. The van der Waals surface area contributed by atoms with E-state index in [0.29, 0.717) is 5.69 Å². The molecule has 1 amide bonds. The number of benzene rings is 2. The van der Waals surface area contributed by atoms with E-state index in [2.05, 4.69) is 20.5 Å². The molecule has 4 aromatic rings. The highest BCUT2D eigenvalue weighted by Crippen LogP contribution is 2.23. The lowest BCUT2D eigenvalue weighted by Crippen LogP contribution is -2.12. The zero-order valence-electron chi connectivity index (χ0n) is 12.9. The normalized spacial score (nSPS) is 10.9. The van der Waals surface area contributed by atoms with Crippen molar-refractivity contribution < 1.29 is 4.79 Å². The summed E-state index contributed by atoms with van der Waals surface area (Å²) in [4.78, 5) is 16.9. The second kappa shape index (κ2) is 5.90. The van der Waals surface area contributed by atoms with Crippen molar-refractivity contribution in [3.63, 3.8) is 0 Å². The van der Waals surface area contributed by atoms with Gasteiger partial charge in [-0.15, -0.1) is 11.3 Å². The zero-order chi connectivity index (χ0) is 16.5. The number of hydrogen-bond acceptors (Lipinski definition) is 4. The Morgan fingerprint density at radius 2 is 1.92 bits per heavy atom. The molecule has 0 unspecified atom stereocenters. The second-order valence-corrected chi connectivity index (χ2v) is 6.46. The van der Waals surface area contributed by atoms with Crippen LogP contribution >= 0.6 is 11.3 Å². The first kappa shape index (κ1) is 14.6. The Labute approximate surface area is 142 Å². The Bertz CT molecular complexity index is 1020. The van der Waals surface area contributed by atoms with Gasteiger partial charge in [0, 0.05) is 22.0 Å². The Morgan fingerprint density at radius 3 is 2.67 bits per heavy atom. The van der Waals surface area contributed by atoms with E-state index in [0.717, 1.165) is 32.9 Å². The molecular formula is C18H14N4OS. The van der Waals surface area contributed by atoms with Crippen LogP contribution in [0, 0.1) is 6.92 Å². The number of aromatic nitrogens is 3. The van der Waals surface area contributed by atoms with E-state index in [-0.39, 0.29) is 5.91 Å². The zero-order valence-corrected chi connectivity index (χ0v) is 13.7. The molecule has 6 heteroatoms. The molecule has 2 aromatic carbocycles. The molecule has 4 rings (SSSR count). The number of carbonyl (C=O) groups excluding carboxylic acids is 1. The first-order valence-corrected chi connectivity index (χ1v) is 8.36. The van der Waals surface area contributed by atoms with Gasteiger partial charge in [0.15, 0.2) is 5.69 Å². The standard InChI is InChI=1S/C18H14N4OS/c1-11-19-16(10-24-11)12-6-8-13(9-7-12)20-18(23)17-14-4-2-3-5-15(14)21-22-17/h2-10H,1H3,(H,20,23)(H,21,22). The van der Waals surface area contributed by atoms with Gasteiger partial charge in [-0.1, -0.05) is 30.3 Å². The molecular weight excluding hydrogens is 320 g/mol. The number of aromatic amines is 1. The third-order valence-corrected chi connectivity index (χ3v) is 4.52. The van der Waals surface area contributed by atoms with Crippen LogP contribution in [0.25, 0.3) is 22.2 Å². The number of anilines is 1. The number of H-pyrrole nitrogens is 1. The van der Waals surface area contributed by atoms with Gasteiger partial charge in [-0.25, -0.2) is 4.98 Å². The molecule has 0 aliphatic carbocycles. The lowest BCUT2D eigenvalue weighted by atomic mass is 10.1. The molecule has 2 aromatic heterocycles. The Hall–Kier alpha value is -2.99. The van der Waals surface area contributed by atoms with Gasteiger partial charge in [0.05, 0.1) is 16.2 Å². The van der Waals surface area contributed by atoms with Crippen molar-refractivity contribution in [3.8, 4) is 11.3 Å². The third-order valence-electron chi connectivity index (χ3n) is 3.74. The molecule has 0 saturated heterocycles. The van der Waals surface area contributed by atoms with Crippen LogP contribution in [0.15, 0.2) is 53.9 Å². The minimum absolute atomic E-state index is 0.232. The van der Waals surface area contributed by atoms with Crippen molar-refractivity contribution >= 4 is 33.8 Å². The van der Waals surface area contributed by atoms with Crippen molar-refractivity contribution in [1.29, 1.82) is 0 Å². The summed E-state index contributed by atoms with van der Waals surface area (Å²) in [6, 6.07) is 15.2. The number of nitrogens with one attached hydrogen (secondary N) is 2. The summed E-state index contributed by atoms with van der Waals surface area (Å²) >= 11 is 1.62. The molecule has 118 valence electrons. The van der Waals surface area contributed by atoms with Gasteiger partial charge in [0.25, 0.3) is 5.91 Å². The monoisotopic (exact) mass is 334 g/mol. The van der Waals surface area contributed by atoms with Crippen LogP contribution in [-0.2, 0) is 0 Å². The number of fused-ring (bicyclic) bond motifs is 1. The maximum Gasteiger partial charge on any atom is 0.276 e. The van der Waals surface area contributed by atoms with E-state index in [1.807, 2.05) is 60.8 Å². The fraction of sp³-hybridized carbons (Fsp3) is 0.0556. The van der Waals surface area contributed by atoms with Crippen molar-refractivity contribution in [2.45, 2.75) is 6.92 Å². The predicted molar refractivity (Wildman–Crippen MR) is 96.3 cm³/mol. The van der Waals surface area contributed by atoms with Crippen LogP contribution in [0.5, 0.6) is 0 Å². The molecule has 0 atom stereocenters. The summed E-state index contributed by atoms with van der Waals surface area (Å²) in [5.41, 5.74) is 3.95. The fourth-order valence-corrected chi connectivity index (χ4v) is 3.17. The molecule has 0 saturated carbocycles. The van der Waals surface area contributed by atoms with Crippen LogP contribution in [0.4, 0.5) is 5.69 Å². The molecule has 0 aliphatic rings. The summed E-state index contributed by atoms with van der Waals surface area (Å²) in [6.07, 6.45) is 0. The van der Waals surface area contributed by atoms with Gasteiger partial charge >= 0.3 is 0 Å². The maximum absolute atomic E-state index is 12.4. The van der Waals surface area contributed by atoms with Gasteiger partial charge in [0.1, 0.15) is 0 Å². The van der Waals surface area contributed by atoms with Crippen LogP contribution < -0.4 is 5.32 Å². The number of rotatable bonds is 3. The molecule has 0 radical (unpaired) electrons. The lowest BCUT2D eigenvalue weighted by molar-refractivity contribution is 0.102. The average Bonchev–Trinajstić information content (AvgIpc) is 3.22. The van der Waals surface area contributed by atoms with Crippen LogP contribution in [-0.4, -0.2) is 21.1 Å². The molecule has 0 spiro atoms. The highest BCUT2D eigenvalue weighted by molar-refractivity contribution is 7.09. The Balaban J connectivity index is 1.56. The van der Waals surface area contributed by atoms with Crippen molar-refractivity contribution in [2.75, 3.05) is 5.32 Å². The minimum Gasteiger partial charge on any atom is -0.321 e. The van der Waals surface area contributed by atoms with Crippen LogP contribution in [0.1, 0.15) is 15.5 Å². The molecule has 24 heavy (non-hydrogen) atoms. The first-order valence-electron chi connectivity index (χ1n) is 7.48.